The Morgan fingerprint density at radius 3 is 2.00 bits per heavy atom. The number of amides is 1. The van der Waals surface area contributed by atoms with Crippen molar-refractivity contribution < 1.29 is 9.90 Å². The Labute approximate surface area is 34.7 Å². The topological polar surface area (TPSA) is 110 Å². The van der Waals surface area contributed by atoms with Crippen molar-refractivity contribution in [2.24, 2.45) is 5.84 Å². The largest absolute Gasteiger partial charge is 0.464 e. The van der Waals surface area contributed by atoms with Crippen LogP contribution in [0.4, 0.5) is 4.79 Å². The van der Waals surface area contributed by atoms with E-state index in [9.17, 15) is 0 Å². The minimum atomic E-state index is -1.22. The average molecular weight is 93.1 g/mol. The molecule has 0 atom stereocenters. The summed E-state index contributed by atoms with van der Waals surface area (Å²) in [5.74, 6) is 4.32. The zero-order chi connectivity index (χ0) is 4.28. The molecule has 0 saturated carbocycles. The van der Waals surface area contributed by atoms with E-state index in [0.29, 0.717) is 0 Å². The third kappa shape index (κ3) is 10.8. The number of carbonyl (C=O) groups is 1. The number of carboxylic acid groups (broad SMARTS) is 1. The van der Waals surface area contributed by atoms with E-state index >= 15 is 0 Å². The van der Waals surface area contributed by atoms with Crippen LogP contribution in [-0.2, 0) is 0 Å². The Morgan fingerprint density at radius 1 is 1.83 bits per heavy atom. The van der Waals surface area contributed by atoms with Crippen molar-refractivity contribution in [3.8, 4) is 0 Å². The molecule has 6 heavy (non-hydrogen) atoms. The van der Waals surface area contributed by atoms with Gasteiger partial charge in [-0.05, 0) is 0 Å². The number of hydrazine groups is 1. The Balaban J connectivity index is 0. The monoisotopic (exact) mass is 93.1 g/mol. The summed E-state index contributed by atoms with van der Waals surface area (Å²) in [6, 6.07) is 0. The fraction of sp³-hybridized carbons (Fsp3) is 0. The first-order chi connectivity index (χ1) is 2.27. The molecule has 0 rings (SSSR count). The van der Waals surface area contributed by atoms with Crippen LogP contribution >= 0.6 is 0 Å². The molecule has 5 heteroatoms. The Kier molecular flexibility index (Phi) is 6.25. The zero-order valence-corrected chi connectivity index (χ0v) is 3.14. The van der Waals surface area contributed by atoms with Crippen LogP contribution in [0.2, 0.25) is 0 Å². The van der Waals surface area contributed by atoms with Crippen molar-refractivity contribution in [2.45, 2.75) is 0 Å². The molecule has 0 aromatic carbocycles. The van der Waals surface area contributed by atoms with Crippen molar-refractivity contribution in [3.05, 3.63) is 0 Å². The van der Waals surface area contributed by atoms with Gasteiger partial charge in [0.2, 0.25) is 0 Å². The first-order valence-electron chi connectivity index (χ1n) is 0.966. The maximum Gasteiger partial charge on any atom is 0.418 e. The summed E-state index contributed by atoms with van der Waals surface area (Å²) >= 11 is 0. The van der Waals surface area contributed by atoms with E-state index in [-0.39, 0.29) is 6.15 Å². The van der Waals surface area contributed by atoms with E-state index < -0.39 is 6.09 Å². The van der Waals surface area contributed by atoms with Crippen molar-refractivity contribution in [3.63, 3.8) is 0 Å². The summed E-state index contributed by atoms with van der Waals surface area (Å²) in [7, 11) is 0. The summed E-state index contributed by atoms with van der Waals surface area (Å²) in [4.78, 5) is 9.13. The number of hydrogen-bond acceptors (Lipinski definition) is 3. The molecule has 0 unspecified atom stereocenters. The van der Waals surface area contributed by atoms with Crippen LogP contribution in [0.15, 0.2) is 0 Å². The average Bonchev–Trinajstić information content (AvgIpc) is 1.38. The van der Waals surface area contributed by atoms with Gasteiger partial charge < -0.3 is 11.3 Å². The standard InChI is InChI=1S/CH4N2O2.H3N/c2-3-1(4)5;/h3H,2H2,(H,4,5);1H3. The molecule has 0 aliphatic rings. The lowest BCUT2D eigenvalue weighted by molar-refractivity contribution is 0.194. The molecule has 0 aliphatic heterocycles. The van der Waals surface area contributed by atoms with E-state index in [1.54, 1.807) is 0 Å². The van der Waals surface area contributed by atoms with Crippen molar-refractivity contribution in [1.29, 1.82) is 0 Å². The van der Waals surface area contributed by atoms with Gasteiger partial charge in [0, 0.05) is 0 Å². The molecule has 0 spiro atoms. The van der Waals surface area contributed by atoms with E-state index in [0.717, 1.165) is 0 Å². The molecule has 0 heterocycles. The second kappa shape index (κ2) is 4.19. The highest BCUT2D eigenvalue weighted by molar-refractivity contribution is 5.63. The van der Waals surface area contributed by atoms with E-state index in [1.807, 2.05) is 0 Å². The highest BCUT2D eigenvalue weighted by Crippen LogP contribution is 1.42. The van der Waals surface area contributed by atoms with Crippen LogP contribution in [0.1, 0.15) is 0 Å². The Hall–Kier alpha value is -0.810. The molecular formula is CH7N3O2. The summed E-state index contributed by atoms with van der Waals surface area (Å²) in [6.07, 6.45) is -1.22. The zero-order valence-electron chi connectivity index (χ0n) is 3.14. The van der Waals surface area contributed by atoms with Gasteiger partial charge in [0.1, 0.15) is 0 Å². The molecular weight excluding hydrogens is 86.0 g/mol. The molecule has 0 radical (unpaired) electrons. The summed E-state index contributed by atoms with van der Waals surface area (Å²) in [5, 5.41) is 7.49. The van der Waals surface area contributed by atoms with E-state index in [4.69, 9.17) is 9.90 Å². The first kappa shape index (κ1) is 8.95. The van der Waals surface area contributed by atoms with Gasteiger partial charge in [0.05, 0.1) is 0 Å². The van der Waals surface area contributed by atoms with Gasteiger partial charge in [-0.2, -0.15) is 0 Å². The minimum Gasteiger partial charge on any atom is -0.464 e. The highest BCUT2D eigenvalue weighted by Gasteiger charge is 1.77. The summed E-state index contributed by atoms with van der Waals surface area (Å²) in [5.41, 5.74) is 1.44. The fourth-order valence-corrected chi connectivity index (χ4v) is 0. The van der Waals surface area contributed by atoms with Gasteiger partial charge in [-0.15, -0.1) is 0 Å². The van der Waals surface area contributed by atoms with Crippen LogP contribution in [0, 0.1) is 0 Å². The van der Waals surface area contributed by atoms with E-state index in [2.05, 4.69) is 5.84 Å². The first-order valence-corrected chi connectivity index (χ1v) is 0.966. The number of nitrogens with two attached hydrogens (primary N) is 1. The third-order valence-electron chi connectivity index (χ3n) is 0.123. The van der Waals surface area contributed by atoms with Crippen LogP contribution in [0.3, 0.4) is 0 Å². The number of hydrogen-bond donors (Lipinski definition) is 4. The summed E-state index contributed by atoms with van der Waals surface area (Å²) < 4.78 is 0. The van der Waals surface area contributed by atoms with Gasteiger partial charge >= 0.3 is 6.09 Å². The quantitative estimate of drug-likeness (QED) is 0.180. The second-order valence-corrected chi connectivity index (χ2v) is 0.449. The van der Waals surface area contributed by atoms with Crippen molar-refractivity contribution >= 4 is 6.09 Å². The molecule has 0 aromatic heterocycles. The molecule has 0 aliphatic carbocycles. The lowest BCUT2D eigenvalue weighted by atomic mass is 11.3. The molecule has 0 aromatic rings. The molecule has 0 bridgehead atoms. The van der Waals surface area contributed by atoms with Gasteiger partial charge in [-0.3, -0.25) is 5.43 Å². The van der Waals surface area contributed by atoms with Crippen LogP contribution in [0.25, 0.3) is 0 Å². The smallest absolute Gasteiger partial charge is 0.418 e. The van der Waals surface area contributed by atoms with Gasteiger partial charge in [-0.1, -0.05) is 0 Å². The highest BCUT2D eigenvalue weighted by atomic mass is 16.4. The molecule has 0 fully saturated rings. The Morgan fingerprint density at radius 2 is 2.00 bits per heavy atom. The van der Waals surface area contributed by atoms with Crippen molar-refractivity contribution in [2.75, 3.05) is 0 Å². The van der Waals surface area contributed by atoms with Gasteiger partial charge in [0.15, 0.2) is 0 Å². The third-order valence-corrected chi connectivity index (χ3v) is 0.123. The van der Waals surface area contributed by atoms with Crippen LogP contribution in [0.5, 0.6) is 0 Å². The maximum atomic E-state index is 9.13. The molecule has 5 nitrogen and oxygen atoms in total. The lowest BCUT2D eigenvalue weighted by Gasteiger charge is -1.79. The molecule has 1 amide bonds. The maximum absolute atomic E-state index is 9.13. The van der Waals surface area contributed by atoms with E-state index in [1.165, 1.54) is 5.43 Å². The second-order valence-electron chi connectivity index (χ2n) is 0.449. The molecule has 0 saturated heterocycles. The molecule has 38 valence electrons. The summed E-state index contributed by atoms with van der Waals surface area (Å²) in [6.45, 7) is 0. The van der Waals surface area contributed by atoms with Gasteiger partial charge in [-0.25, -0.2) is 10.6 Å². The number of rotatable bonds is 0. The van der Waals surface area contributed by atoms with Crippen molar-refractivity contribution in [1.82, 2.24) is 11.6 Å². The SMILES string of the molecule is N.NNC(=O)O. The van der Waals surface area contributed by atoms with Gasteiger partial charge in [0.25, 0.3) is 0 Å². The lowest BCUT2D eigenvalue weighted by Crippen LogP contribution is -2.27. The van der Waals surface area contributed by atoms with Crippen LogP contribution < -0.4 is 17.4 Å². The Bertz CT molecular complexity index is 44.1. The minimum absolute atomic E-state index is 0. The molecule has 7 N–H and O–H groups in total. The fourth-order valence-electron chi connectivity index (χ4n) is 0. The predicted molar refractivity (Wildman–Crippen MR) is 20.4 cm³/mol. The van der Waals surface area contributed by atoms with Crippen LogP contribution in [-0.4, -0.2) is 11.2 Å². The number of nitrogens with one attached hydrogen (secondary N) is 1. The normalized spacial score (nSPS) is 5.50. The predicted octanol–water partition coefficient (Wildman–Crippen LogP) is -0.710.